The molecule has 122 valence electrons. The van der Waals surface area contributed by atoms with Gasteiger partial charge in [0.25, 0.3) is 0 Å². The van der Waals surface area contributed by atoms with Gasteiger partial charge >= 0.3 is 0 Å². The van der Waals surface area contributed by atoms with Crippen LogP contribution in [0.15, 0.2) is 42.6 Å². The Morgan fingerprint density at radius 1 is 1.26 bits per heavy atom. The van der Waals surface area contributed by atoms with Gasteiger partial charge in [0, 0.05) is 12.6 Å². The number of amides is 1. The molecule has 0 radical (unpaired) electrons. The van der Waals surface area contributed by atoms with E-state index in [1.54, 1.807) is 18.3 Å². The molecule has 1 heterocycles. The second kappa shape index (κ2) is 7.97. The van der Waals surface area contributed by atoms with Crippen LogP contribution in [0, 0.1) is 5.92 Å². The first-order valence-corrected chi connectivity index (χ1v) is 8.18. The van der Waals surface area contributed by atoms with Crippen LogP contribution in [0.5, 0.6) is 0 Å². The zero-order chi connectivity index (χ0) is 16.8. The summed E-state index contributed by atoms with van der Waals surface area (Å²) in [5.74, 6) is 1.00. The summed E-state index contributed by atoms with van der Waals surface area (Å²) in [5, 5.41) is 1.96. The summed E-state index contributed by atoms with van der Waals surface area (Å²) in [5.41, 5.74) is 5.04. The van der Waals surface area contributed by atoms with Gasteiger partial charge in [-0.05, 0) is 42.2 Å². The number of hydrogen-bond acceptors (Lipinski definition) is 3. The van der Waals surface area contributed by atoms with Crippen molar-refractivity contribution in [3.63, 3.8) is 0 Å². The minimum Gasteiger partial charge on any atom is -0.273 e. The first-order valence-electron chi connectivity index (χ1n) is 7.80. The van der Waals surface area contributed by atoms with Crippen molar-refractivity contribution in [2.24, 2.45) is 5.92 Å². The number of aromatic nitrogens is 1. The third-order valence-corrected chi connectivity index (χ3v) is 3.67. The Bertz CT molecular complexity index is 656. The van der Waals surface area contributed by atoms with Gasteiger partial charge in [0.2, 0.25) is 5.91 Å². The Balaban J connectivity index is 2.25. The highest BCUT2D eigenvalue weighted by Crippen LogP contribution is 2.23. The number of halogens is 1. The maximum absolute atomic E-state index is 12.3. The Morgan fingerprint density at radius 3 is 2.52 bits per heavy atom. The number of anilines is 2. The molecule has 2 aromatic rings. The Labute approximate surface area is 142 Å². The number of carbonyl (C=O) groups excluding carboxylic acids is 1. The normalized spacial score (nSPS) is 10.7. The summed E-state index contributed by atoms with van der Waals surface area (Å²) in [6.07, 6.45) is 3.03. The number of carbonyl (C=O) groups is 1. The van der Waals surface area contributed by atoms with Crippen LogP contribution < -0.4 is 10.4 Å². The molecule has 5 heteroatoms. The predicted molar refractivity (Wildman–Crippen MR) is 95.6 cm³/mol. The average Bonchev–Trinajstić information content (AvgIpc) is 2.54. The van der Waals surface area contributed by atoms with E-state index in [0.717, 1.165) is 12.1 Å². The van der Waals surface area contributed by atoms with Crippen molar-refractivity contribution in [1.29, 1.82) is 0 Å². The lowest BCUT2D eigenvalue weighted by molar-refractivity contribution is -0.118. The van der Waals surface area contributed by atoms with Crippen molar-refractivity contribution >= 4 is 29.0 Å². The van der Waals surface area contributed by atoms with E-state index in [-0.39, 0.29) is 5.91 Å². The lowest BCUT2D eigenvalue weighted by atomic mass is 10.0. The Kier molecular flexibility index (Phi) is 5.99. The molecular weight excluding hydrogens is 310 g/mol. The SMILES string of the molecule is CCC(=O)N(Nc1ncccc1Cl)c1ccc(CC(C)C)cc1. The molecule has 0 spiro atoms. The molecule has 1 aromatic carbocycles. The third kappa shape index (κ3) is 4.70. The predicted octanol–water partition coefficient (Wildman–Crippen LogP) is 4.70. The topological polar surface area (TPSA) is 45.2 Å². The molecule has 1 amide bonds. The van der Waals surface area contributed by atoms with E-state index in [0.29, 0.717) is 23.2 Å². The number of hydrazine groups is 1. The number of nitrogens with zero attached hydrogens (tertiary/aromatic N) is 2. The molecule has 0 aliphatic heterocycles. The van der Waals surface area contributed by atoms with E-state index in [9.17, 15) is 4.79 Å². The van der Waals surface area contributed by atoms with Gasteiger partial charge in [-0.1, -0.05) is 44.5 Å². The quantitative estimate of drug-likeness (QED) is 0.780. The molecule has 1 aromatic heterocycles. The molecule has 0 unspecified atom stereocenters. The van der Waals surface area contributed by atoms with Crippen LogP contribution >= 0.6 is 11.6 Å². The van der Waals surface area contributed by atoms with Gasteiger partial charge < -0.3 is 0 Å². The van der Waals surface area contributed by atoms with E-state index in [1.165, 1.54) is 10.6 Å². The molecule has 0 saturated carbocycles. The maximum Gasteiger partial charge on any atom is 0.245 e. The standard InChI is InChI=1S/C18H22ClN3O/c1-4-17(23)22(21-18-16(19)6-5-11-20-18)15-9-7-14(8-10-15)12-13(2)3/h5-11,13H,4,12H2,1-3H3,(H,20,21). The molecule has 1 N–H and O–H groups in total. The first-order chi connectivity index (χ1) is 11.0. The monoisotopic (exact) mass is 331 g/mol. The first kappa shape index (κ1) is 17.3. The fourth-order valence-electron chi connectivity index (χ4n) is 2.26. The molecule has 0 bridgehead atoms. The van der Waals surface area contributed by atoms with E-state index in [2.05, 4.69) is 24.3 Å². The summed E-state index contributed by atoms with van der Waals surface area (Å²) < 4.78 is 0. The Hall–Kier alpha value is -2.07. The van der Waals surface area contributed by atoms with Crippen LogP contribution in [0.1, 0.15) is 32.8 Å². The van der Waals surface area contributed by atoms with E-state index < -0.39 is 0 Å². The molecule has 23 heavy (non-hydrogen) atoms. The van der Waals surface area contributed by atoms with E-state index >= 15 is 0 Å². The molecular formula is C18H22ClN3O. The van der Waals surface area contributed by atoms with Crippen LogP contribution in [0.25, 0.3) is 0 Å². The fourth-order valence-corrected chi connectivity index (χ4v) is 2.42. The molecule has 0 fully saturated rings. The number of rotatable bonds is 6. The van der Waals surface area contributed by atoms with Gasteiger partial charge in [0.1, 0.15) is 0 Å². The van der Waals surface area contributed by atoms with Crippen LogP contribution in [0.3, 0.4) is 0 Å². The van der Waals surface area contributed by atoms with Crippen LogP contribution in [-0.4, -0.2) is 10.9 Å². The van der Waals surface area contributed by atoms with Gasteiger partial charge in [-0.3, -0.25) is 10.2 Å². The number of pyridine rings is 1. The summed E-state index contributed by atoms with van der Waals surface area (Å²) in [4.78, 5) is 16.5. The van der Waals surface area contributed by atoms with Gasteiger partial charge in [0.05, 0.1) is 10.7 Å². The molecule has 2 rings (SSSR count). The summed E-state index contributed by atoms with van der Waals surface area (Å²) in [6, 6.07) is 11.5. The van der Waals surface area contributed by atoms with E-state index in [1.807, 2.05) is 31.2 Å². The van der Waals surface area contributed by atoms with Crippen LogP contribution in [-0.2, 0) is 11.2 Å². The highest BCUT2D eigenvalue weighted by molar-refractivity contribution is 6.33. The van der Waals surface area contributed by atoms with Crippen molar-refractivity contribution in [2.75, 3.05) is 10.4 Å². The number of nitrogens with one attached hydrogen (secondary N) is 1. The molecule has 0 atom stereocenters. The number of hydrogen-bond donors (Lipinski definition) is 1. The van der Waals surface area contributed by atoms with Crippen LogP contribution in [0.4, 0.5) is 11.5 Å². The maximum atomic E-state index is 12.3. The van der Waals surface area contributed by atoms with Gasteiger partial charge in [-0.15, -0.1) is 0 Å². The lowest BCUT2D eigenvalue weighted by Gasteiger charge is -2.24. The minimum atomic E-state index is -0.0525. The third-order valence-electron chi connectivity index (χ3n) is 3.37. The summed E-state index contributed by atoms with van der Waals surface area (Å²) in [7, 11) is 0. The molecule has 0 aliphatic rings. The van der Waals surface area contributed by atoms with Crippen molar-refractivity contribution in [2.45, 2.75) is 33.6 Å². The highest BCUT2D eigenvalue weighted by atomic mass is 35.5. The largest absolute Gasteiger partial charge is 0.273 e. The zero-order valence-electron chi connectivity index (χ0n) is 13.7. The second-order valence-corrected chi connectivity index (χ2v) is 6.20. The smallest absolute Gasteiger partial charge is 0.245 e. The van der Waals surface area contributed by atoms with Gasteiger partial charge in [-0.25, -0.2) is 9.99 Å². The van der Waals surface area contributed by atoms with Gasteiger partial charge in [-0.2, -0.15) is 0 Å². The Morgan fingerprint density at radius 2 is 1.96 bits per heavy atom. The summed E-state index contributed by atoms with van der Waals surface area (Å²) in [6.45, 7) is 6.20. The van der Waals surface area contributed by atoms with E-state index in [4.69, 9.17) is 11.6 Å². The average molecular weight is 332 g/mol. The van der Waals surface area contributed by atoms with Crippen molar-refractivity contribution in [1.82, 2.24) is 4.98 Å². The molecule has 0 saturated heterocycles. The molecule has 4 nitrogen and oxygen atoms in total. The minimum absolute atomic E-state index is 0.0525. The van der Waals surface area contributed by atoms with Crippen molar-refractivity contribution in [3.05, 3.63) is 53.2 Å². The van der Waals surface area contributed by atoms with Crippen LogP contribution in [0.2, 0.25) is 5.02 Å². The zero-order valence-corrected chi connectivity index (χ0v) is 14.5. The lowest BCUT2D eigenvalue weighted by Crippen LogP contribution is -2.36. The van der Waals surface area contributed by atoms with Crippen molar-refractivity contribution in [3.8, 4) is 0 Å². The van der Waals surface area contributed by atoms with Gasteiger partial charge in [0.15, 0.2) is 5.82 Å². The second-order valence-electron chi connectivity index (χ2n) is 5.79. The van der Waals surface area contributed by atoms with Crippen molar-refractivity contribution < 1.29 is 4.79 Å². The molecule has 0 aliphatic carbocycles. The summed E-state index contributed by atoms with van der Waals surface area (Å²) >= 11 is 6.12. The highest BCUT2D eigenvalue weighted by Gasteiger charge is 2.16. The number of benzene rings is 1. The fraction of sp³-hybridized carbons (Fsp3) is 0.333.